The maximum atomic E-state index is 12.4. The third-order valence-corrected chi connectivity index (χ3v) is 4.25. The molecule has 120 valence electrons. The topological polar surface area (TPSA) is 89.6 Å². The Labute approximate surface area is 130 Å². The summed E-state index contributed by atoms with van der Waals surface area (Å²) in [6.45, 7) is 0.164. The zero-order chi connectivity index (χ0) is 15.9. The Hall–Kier alpha value is -1.88. The maximum absolute atomic E-state index is 12.4. The summed E-state index contributed by atoms with van der Waals surface area (Å²) < 4.78 is 5.33. The van der Waals surface area contributed by atoms with Crippen molar-refractivity contribution in [3.8, 4) is 0 Å². The van der Waals surface area contributed by atoms with Crippen LogP contribution in [0, 0.1) is 11.8 Å². The van der Waals surface area contributed by atoms with Crippen molar-refractivity contribution in [1.82, 2.24) is 0 Å². The zero-order valence-electron chi connectivity index (χ0n) is 12.6. The fourth-order valence-corrected chi connectivity index (χ4v) is 3.07. The second kappa shape index (κ2) is 7.94. The fourth-order valence-electron chi connectivity index (χ4n) is 3.07. The van der Waals surface area contributed by atoms with E-state index < -0.39 is 23.9 Å². The Balaban J connectivity index is 2.00. The van der Waals surface area contributed by atoms with Crippen molar-refractivity contribution in [2.24, 2.45) is 17.6 Å². The lowest BCUT2D eigenvalue weighted by atomic mass is 9.76. The van der Waals surface area contributed by atoms with E-state index in [4.69, 9.17) is 10.5 Å². The number of esters is 1. The molecule has 1 aromatic carbocycles. The van der Waals surface area contributed by atoms with E-state index in [1.54, 1.807) is 0 Å². The summed E-state index contributed by atoms with van der Waals surface area (Å²) in [5.74, 6) is -1.89. The van der Waals surface area contributed by atoms with E-state index in [0.29, 0.717) is 6.42 Å². The first-order chi connectivity index (χ1) is 10.6. The monoisotopic (exact) mass is 305 g/mol. The highest BCUT2D eigenvalue weighted by atomic mass is 16.5. The number of amides is 1. The molecule has 5 nitrogen and oxygen atoms in total. The van der Waals surface area contributed by atoms with Crippen LogP contribution in [0.3, 0.4) is 0 Å². The number of carbonyl (C=O) groups is 2. The van der Waals surface area contributed by atoms with Crippen LogP contribution < -0.4 is 5.73 Å². The molecule has 0 bridgehead atoms. The highest BCUT2D eigenvalue weighted by Gasteiger charge is 2.37. The number of ether oxygens (including phenoxy) is 1. The molecule has 0 aromatic heterocycles. The molecule has 1 unspecified atom stereocenters. The molecule has 1 aromatic rings. The number of aliphatic hydroxyl groups excluding tert-OH is 1. The van der Waals surface area contributed by atoms with Crippen LogP contribution in [-0.4, -0.2) is 23.1 Å². The molecule has 22 heavy (non-hydrogen) atoms. The van der Waals surface area contributed by atoms with Crippen molar-refractivity contribution >= 4 is 11.9 Å². The van der Waals surface area contributed by atoms with Gasteiger partial charge in [-0.1, -0.05) is 43.2 Å². The first kappa shape index (κ1) is 16.5. The molecule has 5 heteroatoms. The molecule has 1 aliphatic carbocycles. The summed E-state index contributed by atoms with van der Waals surface area (Å²) in [7, 11) is 0. The van der Waals surface area contributed by atoms with Gasteiger partial charge in [0.05, 0.1) is 12.0 Å². The molecule has 3 N–H and O–H groups in total. The number of hydrogen-bond acceptors (Lipinski definition) is 4. The van der Waals surface area contributed by atoms with E-state index in [2.05, 4.69) is 0 Å². The number of primary amides is 1. The van der Waals surface area contributed by atoms with Gasteiger partial charge >= 0.3 is 5.97 Å². The van der Waals surface area contributed by atoms with Gasteiger partial charge in [0.2, 0.25) is 5.91 Å². The molecule has 2 rings (SSSR count). The Kier molecular flexibility index (Phi) is 5.95. The molecule has 1 amide bonds. The number of rotatable bonds is 6. The lowest BCUT2D eigenvalue weighted by Crippen LogP contribution is -2.38. The van der Waals surface area contributed by atoms with E-state index in [1.165, 1.54) is 0 Å². The number of aliphatic hydroxyl groups is 1. The largest absolute Gasteiger partial charge is 0.461 e. The molecular formula is C17H23NO4. The molecular weight excluding hydrogens is 282 g/mol. The molecule has 0 spiro atoms. The smallest absolute Gasteiger partial charge is 0.310 e. The Morgan fingerprint density at radius 2 is 1.91 bits per heavy atom. The van der Waals surface area contributed by atoms with Gasteiger partial charge in [-0.25, -0.2) is 0 Å². The quantitative estimate of drug-likeness (QED) is 0.784. The third-order valence-electron chi connectivity index (χ3n) is 4.25. The van der Waals surface area contributed by atoms with E-state index in [-0.39, 0.29) is 18.9 Å². The summed E-state index contributed by atoms with van der Waals surface area (Å²) in [5, 5.41) is 10.1. The van der Waals surface area contributed by atoms with Crippen molar-refractivity contribution in [3.05, 3.63) is 35.9 Å². The minimum Gasteiger partial charge on any atom is -0.461 e. The van der Waals surface area contributed by atoms with Gasteiger partial charge < -0.3 is 15.6 Å². The van der Waals surface area contributed by atoms with Gasteiger partial charge in [0.25, 0.3) is 0 Å². The van der Waals surface area contributed by atoms with Crippen LogP contribution in [0.4, 0.5) is 0 Å². The average Bonchev–Trinajstić information content (AvgIpc) is 2.52. The first-order valence-electron chi connectivity index (χ1n) is 7.75. The van der Waals surface area contributed by atoms with Gasteiger partial charge in [-0.2, -0.15) is 0 Å². The number of carbonyl (C=O) groups excluding carboxylic acids is 2. The zero-order valence-corrected chi connectivity index (χ0v) is 12.6. The highest BCUT2D eigenvalue weighted by Crippen LogP contribution is 2.33. The molecule has 0 radical (unpaired) electrons. The lowest BCUT2D eigenvalue weighted by Gasteiger charge is -2.32. The summed E-state index contributed by atoms with van der Waals surface area (Å²) in [6, 6.07) is 9.36. The van der Waals surface area contributed by atoms with Crippen molar-refractivity contribution in [2.45, 2.75) is 44.8 Å². The van der Waals surface area contributed by atoms with E-state index in [1.807, 2.05) is 30.3 Å². The van der Waals surface area contributed by atoms with Gasteiger partial charge in [0, 0.05) is 6.42 Å². The second-order valence-corrected chi connectivity index (χ2v) is 5.89. The van der Waals surface area contributed by atoms with Gasteiger partial charge in [0.1, 0.15) is 6.61 Å². The molecule has 0 aliphatic heterocycles. The van der Waals surface area contributed by atoms with Gasteiger partial charge in [-0.05, 0) is 24.3 Å². The van der Waals surface area contributed by atoms with Crippen molar-refractivity contribution in [2.75, 3.05) is 0 Å². The standard InChI is InChI=1S/C17H23NO4/c18-16(20)10-14(13-8-4-5-9-15(13)19)17(21)22-11-12-6-2-1-3-7-12/h1-3,6-7,13-15,19H,4-5,8-11H2,(H2,18,20)/t13-,14?,15-/m1/s1. The predicted molar refractivity (Wildman–Crippen MR) is 81.5 cm³/mol. The van der Waals surface area contributed by atoms with E-state index >= 15 is 0 Å². The molecule has 1 aliphatic rings. The summed E-state index contributed by atoms with van der Waals surface area (Å²) in [5.41, 5.74) is 6.15. The summed E-state index contributed by atoms with van der Waals surface area (Å²) in [6.07, 6.45) is 2.63. The van der Waals surface area contributed by atoms with Gasteiger partial charge in [-0.3, -0.25) is 9.59 Å². The Morgan fingerprint density at radius 3 is 2.55 bits per heavy atom. The number of nitrogens with two attached hydrogens (primary N) is 1. The predicted octanol–water partition coefficient (Wildman–Crippen LogP) is 1.77. The highest BCUT2D eigenvalue weighted by molar-refractivity contribution is 5.82. The normalized spacial score (nSPS) is 22.8. The average molecular weight is 305 g/mol. The third kappa shape index (κ3) is 4.56. The minimum absolute atomic E-state index is 0.0741. The SMILES string of the molecule is NC(=O)CC(C(=O)OCc1ccccc1)[C@H]1CCCC[C@H]1O. The van der Waals surface area contributed by atoms with Crippen molar-refractivity contribution < 1.29 is 19.4 Å². The van der Waals surface area contributed by atoms with E-state index in [0.717, 1.165) is 24.8 Å². The van der Waals surface area contributed by atoms with Gasteiger partial charge in [0.15, 0.2) is 0 Å². The molecule has 3 atom stereocenters. The molecule has 0 saturated heterocycles. The fraction of sp³-hybridized carbons (Fsp3) is 0.529. The van der Waals surface area contributed by atoms with E-state index in [9.17, 15) is 14.7 Å². The van der Waals surface area contributed by atoms with Crippen LogP contribution in [-0.2, 0) is 20.9 Å². The number of hydrogen-bond donors (Lipinski definition) is 2. The van der Waals surface area contributed by atoms with Crippen LogP contribution >= 0.6 is 0 Å². The van der Waals surface area contributed by atoms with Crippen LogP contribution in [0.15, 0.2) is 30.3 Å². The number of benzene rings is 1. The van der Waals surface area contributed by atoms with Crippen LogP contribution in [0.2, 0.25) is 0 Å². The Morgan fingerprint density at radius 1 is 1.23 bits per heavy atom. The lowest BCUT2D eigenvalue weighted by molar-refractivity contribution is -0.156. The second-order valence-electron chi connectivity index (χ2n) is 5.89. The summed E-state index contributed by atoms with van der Waals surface area (Å²) >= 11 is 0. The van der Waals surface area contributed by atoms with Crippen molar-refractivity contribution in [1.29, 1.82) is 0 Å². The molecule has 0 heterocycles. The maximum Gasteiger partial charge on any atom is 0.310 e. The van der Waals surface area contributed by atoms with Crippen LogP contribution in [0.1, 0.15) is 37.7 Å². The minimum atomic E-state index is -0.656. The van der Waals surface area contributed by atoms with Crippen LogP contribution in [0.5, 0.6) is 0 Å². The molecule has 1 fully saturated rings. The first-order valence-corrected chi connectivity index (χ1v) is 7.75. The van der Waals surface area contributed by atoms with Crippen molar-refractivity contribution in [3.63, 3.8) is 0 Å². The van der Waals surface area contributed by atoms with Gasteiger partial charge in [-0.15, -0.1) is 0 Å². The summed E-state index contributed by atoms with van der Waals surface area (Å²) in [4.78, 5) is 23.6. The van der Waals surface area contributed by atoms with Crippen LogP contribution in [0.25, 0.3) is 0 Å². The molecule has 1 saturated carbocycles. The Bertz CT molecular complexity index is 503.